The highest BCUT2D eigenvalue weighted by molar-refractivity contribution is 6.30. The molecule has 8 heteroatoms. The van der Waals surface area contributed by atoms with E-state index < -0.39 is 5.97 Å². The molecule has 0 fully saturated rings. The Labute approximate surface area is 168 Å². The van der Waals surface area contributed by atoms with E-state index in [4.69, 9.17) is 20.8 Å². The maximum Gasteiger partial charge on any atom is 0.337 e. The van der Waals surface area contributed by atoms with Crippen molar-refractivity contribution >= 4 is 23.6 Å². The number of esters is 1. The van der Waals surface area contributed by atoms with Crippen LogP contribution in [-0.2, 0) is 16.1 Å². The van der Waals surface area contributed by atoms with Crippen molar-refractivity contribution in [2.75, 3.05) is 26.7 Å². The molecule has 7 nitrogen and oxygen atoms in total. The van der Waals surface area contributed by atoms with Gasteiger partial charge in [-0.3, -0.25) is 4.90 Å². The number of urea groups is 1. The number of carbonyl (C=O) groups excluding carboxylic acids is 2. The molecular formula is C20H22ClN3O4. The molecule has 1 aromatic heterocycles. The lowest BCUT2D eigenvalue weighted by atomic mass is 10.1. The molecular weight excluding hydrogens is 382 g/mol. The van der Waals surface area contributed by atoms with Gasteiger partial charge in [-0.25, -0.2) is 9.59 Å². The number of carbonyl (C=O) groups is 2. The summed E-state index contributed by atoms with van der Waals surface area (Å²) in [5.41, 5.74) is 1.90. The monoisotopic (exact) mass is 403 g/mol. The molecule has 1 aliphatic heterocycles. The normalized spacial score (nSPS) is 14.1. The Kier molecular flexibility index (Phi) is 6.38. The number of benzene rings is 1. The zero-order valence-electron chi connectivity index (χ0n) is 15.8. The second-order valence-corrected chi connectivity index (χ2v) is 6.87. The van der Waals surface area contributed by atoms with E-state index in [9.17, 15) is 9.59 Å². The second kappa shape index (κ2) is 8.95. The van der Waals surface area contributed by atoms with Crippen LogP contribution in [0.25, 0.3) is 11.3 Å². The molecule has 0 saturated heterocycles. The van der Waals surface area contributed by atoms with Gasteiger partial charge in [-0.15, -0.1) is 0 Å². The van der Waals surface area contributed by atoms with Gasteiger partial charge in [-0.05, 0) is 50.4 Å². The highest BCUT2D eigenvalue weighted by atomic mass is 35.5. The molecule has 1 aromatic carbocycles. The first kappa shape index (κ1) is 20.0. The van der Waals surface area contributed by atoms with Crippen molar-refractivity contribution in [1.82, 2.24) is 15.5 Å². The maximum atomic E-state index is 12.1. The lowest BCUT2D eigenvalue weighted by molar-refractivity contribution is -0.138. The second-order valence-electron chi connectivity index (χ2n) is 6.43. The SMILES string of the molecule is CCOC(=O)C1=C(CN(C)Cc2ccc(-c3ccc(Cl)cc3)o2)NC(=O)NC1. The summed E-state index contributed by atoms with van der Waals surface area (Å²) in [6.45, 7) is 3.05. The third-order valence-corrected chi connectivity index (χ3v) is 4.47. The zero-order valence-corrected chi connectivity index (χ0v) is 16.5. The molecule has 148 valence electrons. The van der Waals surface area contributed by atoms with E-state index in [1.165, 1.54) is 0 Å². The van der Waals surface area contributed by atoms with Crippen molar-refractivity contribution in [2.24, 2.45) is 0 Å². The highest BCUT2D eigenvalue weighted by Gasteiger charge is 2.24. The Balaban J connectivity index is 1.68. The van der Waals surface area contributed by atoms with Crippen molar-refractivity contribution in [1.29, 1.82) is 0 Å². The number of ether oxygens (including phenoxy) is 1. The van der Waals surface area contributed by atoms with Crippen LogP contribution in [0.5, 0.6) is 0 Å². The standard InChI is InChI=1S/C20H22ClN3O4/c1-3-27-19(25)16-10-22-20(26)23-17(16)12-24(2)11-15-8-9-18(28-15)13-4-6-14(21)7-5-13/h4-9H,3,10-12H2,1-2H3,(H2,22,23,26). The molecule has 0 unspecified atom stereocenters. The summed E-state index contributed by atoms with van der Waals surface area (Å²) in [6.07, 6.45) is 0. The van der Waals surface area contributed by atoms with Crippen LogP contribution in [0.15, 0.2) is 52.1 Å². The summed E-state index contributed by atoms with van der Waals surface area (Å²) >= 11 is 5.92. The van der Waals surface area contributed by atoms with Crippen LogP contribution in [0.4, 0.5) is 4.79 Å². The van der Waals surface area contributed by atoms with Crippen molar-refractivity contribution in [2.45, 2.75) is 13.5 Å². The maximum absolute atomic E-state index is 12.1. The number of likely N-dealkylation sites (N-methyl/N-ethyl adjacent to an activating group) is 1. The van der Waals surface area contributed by atoms with Gasteiger partial charge in [0.25, 0.3) is 0 Å². The minimum Gasteiger partial charge on any atom is -0.463 e. The molecule has 28 heavy (non-hydrogen) atoms. The van der Waals surface area contributed by atoms with Gasteiger partial charge in [-0.2, -0.15) is 0 Å². The largest absolute Gasteiger partial charge is 0.463 e. The van der Waals surface area contributed by atoms with E-state index in [1.54, 1.807) is 6.92 Å². The van der Waals surface area contributed by atoms with Crippen LogP contribution in [0.1, 0.15) is 12.7 Å². The summed E-state index contributed by atoms with van der Waals surface area (Å²) in [7, 11) is 1.88. The van der Waals surface area contributed by atoms with Crippen LogP contribution in [0, 0.1) is 0 Å². The smallest absolute Gasteiger partial charge is 0.337 e. The Morgan fingerprint density at radius 3 is 2.68 bits per heavy atom. The molecule has 2 N–H and O–H groups in total. The Morgan fingerprint density at radius 1 is 1.21 bits per heavy atom. The van der Waals surface area contributed by atoms with Crippen molar-refractivity contribution in [3.05, 3.63) is 58.5 Å². The summed E-state index contributed by atoms with van der Waals surface area (Å²) in [6, 6.07) is 10.9. The molecule has 0 atom stereocenters. The number of halogens is 1. The summed E-state index contributed by atoms with van der Waals surface area (Å²) in [5, 5.41) is 5.97. The van der Waals surface area contributed by atoms with Crippen molar-refractivity contribution in [3.63, 3.8) is 0 Å². The van der Waals surface area contributed by atoms with Crippen LogP contribution < -0.4 is 10.6 Å². The molecule has 2 amide bonds. The molecule has 0 radical (unpaired) electrons. The predicted octanol–water partition coefficient (Wildman–Crippen LogP) is 3.16. The van der Waals surface area contributed by atoms with Gasteiger partial charge < -0.3 is 19.8 Å². The quantitative estimate of drug-likeness (QED) is 0.694. The summed E-state index contributed by atoms with van der Waals surface area (Å²) in [4.78, 5) is 25.7. The fourth-order valence-corrected chi connectivity index (χ4v) is 3.03. The third-order valence-electron chi connectivity index (χ3n) is 4.22. The number of rotatable bonds is 7. The van der Waals surface area contributed by atoms with Gasteiger partial charge in [0.15, 0.2) is 0 Å². The van der Waals surface area contributed by atoms with Gasteiger partial charge in [0.2, 0.25) is 0 Å². The van der Waals surface area contributed by atoms with E-state index in [1.807, 2.05) is 48.3 Å². The van der Waals surface area contributed by atoms with Crippen LogP contribution in [-0.4, -0.2) is 43.6 Å². The van der Waals surface area contributed by atoms with Crippen molar-refractivity contribution in [3.8, 4) is 11.3 Å². The first-order valence-electron chi connectivity index (χ1n) is 8.93. The average molecular weight is 404 g/mol. The Hall–Kier alpha value is -2.77. The topological polar surface area (TPSA) is 83.8 Å². The van der Waals surface area contributed by atoms with Crippen LogP contribution >= 0.6 is 11.6 Å². The van der Waals surface area contributed by atoms with E-state index in [-0.39, 0.29) is 19.2 Å². The number of nitrogens with one attached hydrogen (secondary N) is 2. The van der Waals surface area contributed by atoms with Crippen LogP contribution in [0.3, 0.4) is 0 Å². The molecule has 0 bridgehead atoms. The van der Waals surface area contributed by atoms with Gasteiger partial charge in [0.05, 0.1) is 25.3 Å². The number of hydrogen-bond acceptors (Lipinski definition) is 5. The molecule has 0 saturated carbocycles. The number of amides is 2. The Bertz CT molecular complexity index is 889. The zero-order chi connectivity index (χ0) is 20.1. The van der Waals surface area contributed by atoms with E-state index >= 15 is 0 Å². The highest BCUT2D eigenvalue weighted by Crippen LogP contribution is 2.24. The fourth-order valence-electron chi connectivity index (χ4n) is 2.90. The minimum atomic E-state index is -0.429. The predicted molar refractivity (Wildman–Crippen MR) is 106 cm³/mol. The first-order valence-corrected chi connectivity index (χ1v) is 9.31. The first-order chi connectivity index (χ1) is 13.5. The number of nitrogens with zero attached hydrogens (tertiary/aromatic N) is 1. The van der Waals surface area contributed by atoms with Crippen molar-refractivity contribution < 1.29 is 18.7 Å². The Morgan fingerprint density at radius 2 is 1.96 bits per heavy atom. The number of furan rings is 1. The van der Waals surface area contributed by atoms with Gasteiger partial charge in [0, 0.05) is 22.8 Å². The van der Waals surface area contributed by atoms with E-state index in [0.717, 1.165) is 17.1 Å². The molecule has 2 aromatic rings. The number of hydrogen-bond donors (Lipinski definition) is 2. The molecule has 2 heterocycles. The summed E-state index contributed by atoms with van der Waals surface area (Å²) < 4.78 is 11.0. The van der Waals surface area contributed by atoms with E-state index in [0.29, 0.717) is 29.4 Å². The lowest BCUT2D eigenvalue weighted by Crippen LogP contribution is -2.46. The van der Waals surface area contributed by atoms with E-state index in [2.05, 4.69) is 10.6 Å². The fraction of sp³-hybridized carbons (Fsp3) is 0.300. The van der Waals surface area contributed by atoms with Crippen LogP contribution in [0.2, 0.25) is 5.02 Å². The molecule has 0 aliphatic carbocycles. The average Bonchev–Trinajstić information content (AvgIpc) is 3.10. The van der Waals surface area contributed by atoms with Gasteiger partial charge in [-0.1, -0.05) is 11.6 Å². The molecule has 0 spiro atoms. The molecule has 1 aliphatic rings. The molecule has 3 rings (SSSR count). The summed E-state index contributed by atoms with van der Waals surface area (Å²) in [5.74, 6) is 1.09. The van der Waals surface area contributed by atoms with Gasteiger partial charge >= 0.3 is 12.0 Å². The lowest BCUT2D eigenvalue weighted by Gasteiger charge is -2.24. The minimum absolute atomic E-state index is 0.148. The van der Waals surface area contributed by atoms with Gasteiger partial charge in [0.1, 0.15) is 11.5 Å². The third kappa shape index (κ3) is 4.94.